The Morgan fingerprint density at radius 1 is 1.17 bits per heavy atom. The van der Waals surface area contributed by atoms with Crippen molar-refractivity contribution >= 4 is 27.3 Å². The van der Waals surface area contributed by atoms with E-state index >= 15 is 0 Å². The summed E-state index contributed by atoms with van der Waals surface area (Å²) in [6.07, 6.45) is 1.83. The molecule has 0 unspecified atom stereocenters. The molecule has 0 fully saturated rings. The fourth-order valence-electron chi connectivity index (χ4n) is 1.78. The molecule has 0 aliphatic heterocycles. The minimum atomic E-state index is 0.794. The van der Waals surface area contributed by atoms with Gasteiger partial charge < -0.3 is 4.84 Å². The first-order valence-corrected chi connectivity index (χ1v) is 6.43. The Balaban J connectivity index is 1.83. The van der Waals surface area contributed by atoms with Gasteiger partial charge >= 0.3 is 0 Å². The number of fused-ring (bicyclic) bond motifs is 1. The highest BCUT2D eigenvalue weighted by molar-refractivity contribution is 7.13. The number of benzene rings is 2. The Hall–Kier alpha value is -2.07. The summed E-state index contributed by atoms with van der Waals surface area (Å²) in [6.45, 7) is 2.05. The van der Waals surface area contributed by atoms with Crippen molar-refractivity contribution in [2.24, 2.45) is 0 Å². The quantitative estimate of drug-likeness (QED) is 0.719. The van der Waals surface area contributed by atoms with E-state index in [0.717, 1.165) is 21.5 Å². The lowest BCUT2D eigenvalue weighted by Gasteiger charge is -2.09. The molecule has 1 N–H and O–H groups in total. The summed E-state index contributed by atoms with van der Waals surface area (Å²) < 4.78 is 5.29. The number of aryl methyl sites for hydroxylation is 1. The van der Waals surface area contributed by atoms with Gasteiger partial charge in [0, 0.05) is 0 Å². The van der Waals surface area contributed by atoms with Crippen molar-refractivity contribution in [2.45, 2.75) is 6.92 Å². The van der Waals surface area contributed by atoms with Crippen molar-refractivity contribution in [2.75, 3.05) is 5.48 Å². The fraction of sp³-hybridized carbons (Fsp3) is 0.0714. The van der Waals surface area contributed by atoms with Crippen LogP contribution in [0.3, 0.4) is 0 Å². The third-order valence-corrected chi connectivity index (χ3v) is 3.42. The van der Waals surface area contributed by atoms with Crippen molar-refractivity contribution in [3.8, 4) is 5.75 Å². The lowest BCUT2D eigenvalue weighted by atomic mass is 10.2. The molecule has 3 rings (SSSR count). The normalized spacial score (nSPS) is 10.5. The molecule has 0 spiro atoms. The van der Waals surface area contributed by atoms with Gasteiger partial charge in [-0.15, -0.1) is 0 Å². The van der Waals surface area contributed by atoms with Gasteiger partial charge in [-0.2, -0.15) is 4.37 Å². The van der Waals surface area contributed by atoms with Crippen molar-refractivity contribution in [1.82, 2.24) is 4.37 Å². The van der Waals surface area contributed by atoms with Gasteiger partial charge in [-0.1, -0.05) is 18.2 Å². The number of hydrogen-bond donors (Lipinski definition) is 1. The van der Waals surface area contributed by atoms with E-state index in [1.807, 2.05) is 42.6 Å². The lowest BCUT2D eigenvalue weighted by Crippen LogP contribution is -2.04. The van der Waals surface area contributed by atoms with Crippen LogP contribution in [0.4, 0.5) is 5.69 Å². The average Bonchev–Trinajstić information content (AvgIpc) is 2.85. The first kappa shape index (κ1) is 11.0. The van der Waals surface area contributed by atoms with Gasteiger partial charge in [0.05, 0.1) is 22.0 Å². The van der Waals surface area contributed by atoms with E-state index in [9.17, 15) is 0 Å². The van der Waals surface area contributed by atoms with Crippen molar-refractivity contribution < 1.29 is 4.84 Å². The van der Waals surface area contributed by atoms with Gasteiger partial charge in [0.1, 0.15) is 0 Å². The second-order valence-corrected chi connectivity index (χ2v) is 4.90. The molecule has 0 radical (unpaired) electrons. The largest absolute Gasteiger partial charge is 0.381 e. The third-order valence-electron chi connectivity index (χ3n) is 2.66. The van der Waals surface area contributed by atoms with E-state index in [-0.39, 0.29) is 0 Å². The van der Waals surface area contributed by atoms with E-state index in [0.29, 0.717) is 0 Å². The molecule has 0 atom stereocenters. The number of nitrogens with one attached hydrogen (secondary N) is 1. The fourth-order valence-corrected chi connectivity index (χ4v) is 2.44. The van der Waals surface area contributed by atoms with Crippen LogP contribution in [0.25, 0.3) is 10.1 Å². The zero-order valence-electron chi connectivity index (χ0n) is 9.88. The monoisotopic (exact) mass is 256 g/mol. The minimum Gasteiger partial charge on any atom is -0.381 e. The number of nitrogens with zero attached hydrogens (tertiary/aromatic N) is 1. The van der Waals surface area contributed by atoms with Crippen molar-refractivity contribution in [1.29, 1.82) is 0 Å². The summed E-state index contributed by atoms with van der Waals surface area (Å²) in [5, 5.41) is 1.03. The highest BCUT2D eigenvalue weighted by atomic mass is 32.1. The second kappa shape index (κ2) is 4.66. The molecule has 0 aliphatic carbocycles. The smallest absolute Gasteiger partial charge is 0.165 e. The van der Waals surface area contributed by atoms with Gasteiger partial charge in [-0.3, -0.25) is 0 Å². The molecule has 3 nitrogen and oxygen atoms in total. The van der Waals surface area contributed by atoms with Crippen LogP contribution in [0.15, 0.2) is 48.7 Å². The van der Waals surface area contributed by atoms with E-state index < -0.39 is 0 Å². The molecule has 2 aromatic carbocycles. The molecule has 18 heavy (non-hydrogen) atoms. The van der Waals surface area contributed by atoms with Crippen LogP contribution >= 0.6 is 11.5 Å². The molecule has 4 heteroatoms. The highest BCUT2D eigenvalue weighted by Crippen LogP contribution is 2.27. The Morgan fingerprint density at radius 2 is 2.06 bits per heavy atom. The molecule has 90 valence electrons. The van der Waals surface area contributed by atoms with Crippen LogP contribution < -0.4 is 10.3 Å². The third kappa shape index (κ3) is 2.15. The van der Waals surface area contributed by atoms with Crippen molar-refractivity contribution in [3.05, 3.63) is 54.2 Å². The van der Waals surface area contributed by atoms with Crippen molar-refractivity contribution in [3.63, 3.8) is 0 Å². The SMILES string of the molecule is Cc1cccc(NOc2cccc3sncc23)c1. The van der Waals surface area contributed by atoms with Gasteiger partial charge in [0.2, 0.25) is 0 Å². The highest BCUT2D eigenvalue weighted by Gasteiger charge is 2.04. The predicted molar refractivity (Wildman–Crippen MR) is 75.0 cm³/mol. The molecule has 0 saturated carbocycles. The molecule has 0 saturated heterocycles. The van der Waals surface area contributed by atoms with Crippen LogP contribution in [0.1, 0.15) is 5.56 Å². The molecule has 0 amide bonds. The lowest BCUT2D eigenvalue weighted by molar-refractivity contribution is 0.410. The maximum atomic E-state index is 5.64. The van der Waals surface area contributed by atoms with Gasteiger partial charge in [-0.05, 0) is 48.3 Å². The van der Waals surface area contributed by atoms with Crippen LogP contribution in [-0.2, 0) is 0 Å². The van der Waals surface area contributed by atoms with E-state index in [1.165, 1.54) is 17.1 Å². The van der Waals surface area contributed by atoms with Gasteiger partial charge in [0.25, 0.3) is 0 Å². The standard InChI is InChI=1S/C14H12N2OS/c1-10-4-2-5-11(8-10)16-17-13-6-3-7-14-12(13)9-15-18-14/h2-9,16H,1H3. The van der Waals surface area contributed by atoms with E-state index in [1.54, 1.807) is 0 Å². The molecular weight excluding hydrogens is 244 g/mol. The zero-order valence-corrected chi connectivity index (χ0v) is 10.7. The van der Waals surface area contributed by atoms with Gasteiger partial charge in [-0.25, -0.2) is 5.48 Å². The predicted octanol–water partition coefficient (Wildman–Crippen LogP) is 4.01. The molecule has 1 heterocycles. The molecule has 0 bridgehead atoms. The topological polar surface area (TPSA) is 34.1 Å². The van der Waals surface area contributed by atoms with Crippen LogP contribution in [0.5, 0.6) is 5.75 Å². The number of anilines is 1. The Kier molecular flexibility index (Phi) is 2.86. The zero-order chi connectivity index (χ0) is 12.4. The number of aromatic nitrogens is 1. The van der Waals surface area contributed by atoms with Crippen LogP contribution in [-0.4, -0.2) is 4.37 Å². The Morgan fingerprint density at radius 3 is 2.94 bits per heavy atom. The Labute approximate surface area is 109 Å². The number of rotatable bonds is 3. The maximum absolute atomic E-state index is 5.64. The molecule has 1 aromatic heterocycles. The Bertz CT molecular complexity index is 678. The van der Waals surface area contributed by atoms with E-state index in [2.05, 4.69) is 22.8 Å². The first-order valence-electron chi connectivity index (χ1n) is 5.66. The summed E-state index contributed by atoms with van der Waals surface area (Å²) in [5.74, 6) is 0.794. The molecule has 0 aliphatic rings. The summed E-state index contributed by atoms with van der Waals surface area (Å²) in [7, 11) is 0. The minimum absolute atomic E-state index is 0.794. The summed E-state index contributed by atoms with van der Waals surface area (Å²) in [6, 6.07) is 14.0. The average molecular weight is 256 g/mol. The van der Waals surface area contributed by atoms with Gasteiger partial charge in [0.15, 0.2) is 5.75 Å². The van der Waals surface area contributed by atoms with E-state index in [4.69, 9.17) is 4.84 Å². The second-order valence-electron chi connectivity index (χ2n) is 4.07. The molecular formula is C14H12N2OS. The number of hydrogen-bond acceptors (Lipinski definition) is 4. The van der Waals surface area contributed by atoms with Crippen LogP contribution in [0, 0.1) is 6.92 Å². The molecule has 3 aromatic rings. The maximum Gasteiger partial charge on any atom is 0.165 e. The van der Waals surface area contributed by atoms with Crippen LogP contribution in [0.2, 0.25) is 0 Å². The summed E-state index contributed by atoms with van der Waals surface area (Å²) >= 11 is 1.47. The summed E-state index contributed by atoms with van der Waals surface area (Å²) in [5.41, 5.74) is 5.09. The summed E-state index contributed by atoms with van der Waals surface area (Å²) in [4.78, 5) is 5.64. The first-order chi connectivity index (χ1) is 8.83.